The first-order chi connectivity index (χ1) is 8.08. The van der Waals surface area contributed by atoms with Crippen molar-refractivity contribution < 1.29 is 9.53 Å². The van der Waals surface area contributed by atoms with Gasteiger partial charge in [-0.2, -0.15) is 0 Å². The number of hydrogen-bond donors (Lipinski definition) is 0. The fraction of sp³-hybridized carbons (Fsp3) is 0.533. The standard InChI is InChI=1S/C15H20O2/c1-10-4-7-14(8-11(10)2)15(16)12(3)17-9-13-5-6-13/h4,7-8,12-13H,5-6,9H2,1-3H3. The van der Waals surface area contributed by atoms with Crippen molar-refractivity contribution in [2.45, 2.75) is 39.7 Å². The minimum absolute atomic E-state index is 0.0914. The Hall–Kier alpha value is -1.15. The summed E-state index contributed by atoms with van der Waals surface area (Å²) in [5.41, 5.74) is 3.13. The first kappa shape index (κ1) is 12.3. The number of Topliss-reactive ketones (excluding diaryl/α,β-unsaturated/α-hetero) is 1. The van der Waals surface area contributed by atoms with Gasteiger partial charge in [0.1, 0.15) is 6.10 Å². The molecule has 2 heteroatoms. The maximum Gasteiger partial charge on any atom is 0.191 e. The average molecular weight is 232 g/mol. The van der Waals surface area contributed by atoms with Crippen molar-refractivity contribution in [1.29, 1.82) is 0 Å². The highest BCUT2D eigenvalue weighted by atomic mass is 16.5. The number of rotatable bonds is 5. The second-order valence-electron chi connectivity index (χ2n) is 5.08. The zero-order valence-corrected chi connectivity index (χ0v) is 10.8. The molecule has 0 heterocycles. The van der Waals surface area contributed by atoms with Gasteiger partial charge in [0.25, 0.3) is 0 Å². The van der Waals surface area contributed by atoms with Crippen LogP contribution in [-0.4, -0.2) is 18.5 Å². The Morgan fingerprint density at radius 1 is 1.35 bits per heavy atom. The zero-order valence-electron chi connectivity index (χ0n) is 10.8. The van der Waals surface area contributed by atoms with Gasteiger partial charge in [-0.3, -0.25) is 4.79 Å². The van der Waals surface area contributed by atoms with Gasteiger partial charge in [0, 0.05) is 5.56 Å². The van der Waals surface area contributed by atoms with Gasteiger partial charge in [0.2, 0.25) is 0 Å². The number of aryl methyl sites for hydroxylation is 2. The van der Waals surface area contributed by atoms with E-state index >= 15 is 0 Å². The second kappa shape index (κ2) is 5.01. The number of benzene rings is 1. The summed E-state index contributed by atoms with van der Waals surface area (Å²) in [5.74, 6) is 0.791. The summed E-state index contributed by atoms with van der Waals surface area (Å²) in [6.45, 7) is 6.66. The molecule has 1 fully saturated rings. The van der Waals surface area contributed by atoms with Gasteiger partial charge in [-0.15, -0.1) is 0 Å². The molecule has 0 N–H and O–H groups in total. The fourth-order valence-corrected chi connectivity index (χ4v) is 1.77. The molecule has 1 aliphatic rings. The Morgan fingerprint density at radius 3 is 2.65 bits per heavy atom. The van der Waals surface area contributed by atoms with Crippen LogP contribution in [0.25, 0.3) is 0 Å². The molecule has 1 aromatic carbocycles. The van der Waals surface area contributed by atoms with Crippen LogP contribution in [0.5, 0.6) is 0 Å². The van der Waals surface area contributed by atoms with Gasteiger partial charge in [0.15, 0.2) is 5.78 Å². The Kier molecular flexibility index (Phi) is 3.63. The van der Waals surface area contributed by atoms with Crippen LogP contribution in [-0.2, 0) is 4.74 Å². The molecule has 0 spiro atoms. The second-order valence-corrected chi connectivity index (χ2v) is 5.08. The van der Waals surface area contributed by atoms with E-state index in [1.807, 2.05) is 32.0 Å². The maximum absolute atomic E-state index is 12.1. The highest BCUT2D eigenvalue weighted by Crippen LogP contribution is 2.29. The lowest BCUT2D eigenvalue weighted by atomic mass is 10.0. The van der Waals surface area contributed by atoms with E-state index in [0.29, 0.717) is 5.92 Å². The molecule has 2 rings (SSSR count). The van der Waals surface area contributed by atoms with E-state index in [9.17, 15) is 4.79 Å². The van der Waals surface area contributed by atoms with Crippen LogP contribution in [0.15, 0.2) is 18.2 Å². The molecule has 0 aliphatic heterocycles. The summed E-state index contributed by atoms with van der Waals surface area (Å²) in [7, 11) is 0. The van der Waals surface area contributed by atoms with Crippen molar-refractivity contribution in [3.05, 3.63) is 34.9 Å². The molecule has 0 bridgehead atoms. The number of carbonyl (C=O) groups is 1. The van der Waals surface area contributed by atoms with E-state index in [0.717, 1.165) is 17.7 Å². The molecule has 2 nitrogen and oxygen atoms in total. The van der Waals surface area contributed by atoms with E-state index in [1.165, 1.54) is 18.4 Å². The summed E-state index contributed by atoms with van der Waals surface area (Å²) in [6, 6.07) is 5.84. The Labute approximate surface area is 103 Å². The smallest absolute Gasteiger partial charge is 0.191 e. The molecule has 92 valence electrons. The van der Waals surface area contributed by atoms with Gasteiger partial charge in [-0.1, -0.05) is 12.1 Å². The largest absolute Gasteiger partial charge is 0.370 e. The molecule has 1 saturated carbocycles. The van der Waals surface area contributed by atoms with Crippen LogP contribution in [0, 0.1) is 19.8 Å². The highest BCUT2D eigenvalue weighted by molar-refractivity contribution is 5.99. The SMILES string of the molecule is Cc1ccc(C(=O)C(C)OCC2CC2)cc1C. The van der Waals surface area contributed by atoms with Crippen LogP contribution in [0.2, 0.25) is 0 Å². The summed E-state index contributed by atoms with van der Waals surface area (Å²) in [5, 5.41) is 0. The molecule has 0 aromatic heterocycles. The monoisotopic (exact) mass is 232 g/mol. The molecule has 1 aliphatic carbocycles. The lowest BCUT2D eigenvalue weighted by Gasteiger charge is -2.12. The van der Waals surface area contributed by atoms with E-state index in [4.69, 9.17) is 4.74 Å². The zero-order chi connectivity index (χ0) is 12.4. The van der Waals surface area contributed by atoms with Crippen molar-refractivity contribution in [2.24, 2.45) is 5.92 Å². The quantitative estimate of drug-likeness (QED) is 0.728. The van der Waals surface area contributed by atoms with E-state index in [2.05, 4.69) is 6.92 Å². The van der Waals surface area contributed by atoms with Crippen molar-refractivity contribution in [2.75, 3.05) is 6.61 Å². The van der Waals surface area contributed by atoms with Crippen molar-refractivity contribution >= 4 is 5.78 Å². The van der Waals surface area contributed by atoms with Crippen LogP contribution >= 0.6 is 0 Å². The first-order valence-corrected chi connectivity index (χ1v) is 6.31. The van der Waals surface area contributed by atoms with Gasteiger partial charge < -0.3 is 4.74 Å². The number of ketones is 1. The third-order valence-electron chi connectivity index (χ3n) is 3.44. The summed E-state index contributed by atoms with van der Waals surface area (Å²) < 4.78 is 5.60. The average Bonchev–Trinajstić information content (AvgIpc) is 3.12. The maximum atomic E-state index is 12.1. The first-order valence-electron chi connectivity index (χ1n) is 6.31. The molecule has 0 radical (unpaired) electrons. The van der Waals surface area contributed by atoms with Crippen LogP contribution < -0.4 is 0 Å². The van der Waals surface area contributed by atoms with Crippen LogP contribution in [0.4, 0.5) is 0 Å². The molecule has 0 saturated heterocycles. The normalized spacial score (nSPS) is 16.9. The molecule has 1 atom stereocenters. The predicted octanol–water partition coefficient (Wildman–Crippen LogP) is 3.30. The Morgan fingerprint density at radius 2 is 2.06 bits per heavy atom. The molecular formula is C15H20O2. The van der Waals surface area contributed by atoms with E-state index in [1.54, 1.807) is 0 Å². The number of ether oxygens (including phenoxy) is 1. The van der Waals surface area contributed by atoms with Crippen LogP contribution in [0.3, 0.4) is 0 Å². The Balaban J connectivity index is 1.98. The molecular weight excluding hydrogens is 212 g/mol. The lowest BCUT2D eigenvalue weighted by molar-refractivity contribution is 0.0441. The number of carbonyl (C=O) groups excluding carboxylic acids is 1. The van der Waals surface area contributed by atoms with Gasteiger partial charge >= 0.3 is 0 Å². The van der Waals surface area contributed by atoms with E-state index < -0.39 is 0 Å². The van der Waals surface area contributed by atoms with Gasteiger partial charge in [0.05, 0.1) is 6.61 Å². The molecule has 17 heavy (non-hydrogen) atoms. The minimum atomic E-state index is -0.322. The summed E-state index contributed by atoms with van der Waals surface area (Å²) in [4.78, 5) is 12.1. The molecule has 0 amide bonds. The van der Waals surface area contributed by atoms with Crippen molar-refractivity contribution in [3.63, 3.8) is 0 Å². The minimum Gasteiger partial charge on any atom is -0.370 e. The van der Waals surface area contributed by atoms with Crippen LogP contribution in [0.1, 0.15) is 41.3 Å². The van der Waals surface area contributed by atoms with Crippen molar-refractivity contribution in [3.8, 4) is 0 Å². The fourth-order valence-electron chi connectivity index (χ4n) is 1.77. The third-order valence-corrected chi connectivity index (χ3v) is 3.44. The predicted molar refractivity (Wildman–Crippen MR) is 68.4 cm³/mol. The van der Waals surface area contributed by atoms with Crippen molar-refractivity contribution in [1.82, 2.24) is 0 Å². The van der Waals surface area contributed by atoms with Gasteiger partial charge in [-0.25, -0.2) is 0 Å². The van der Waals surface area contributed by atoms with Gasteiger partial charge in [-0.05, 0) is 56.7 Å². The molecule has 1 aromatic rings. The lowest BCUT2D eigenvalue weighted by Crippen LogP contribution is -2.22. The number of hydrogen-bond acceptors (Lipinski definition) is 2. The van der Waals surface area contributed by atoms with E-state index in [-0.39, 0.29) is 11.9 Å². The highest BCUT2D eigenvalue weighted by Gasteiger charge is 2.24. The Bertz CT molecular complexity index is 419. The topological polar surface area (TPSA) is 26.3 Å². The summed E-state index contributed by atoms with van der Waals surface area (Å²) in [6.07, 6.45) is 2.19. The third kappa shape index (κ3) is 3.16. The molecule has 1 unspecified atom stereocenters. The summed E-state index contributed by atoms with van der Waals surface area (Å²) >= 11 is 0.